The first-order chi connectivity index (χ1) is 14.8. The van der Waals surface area contributed by atoms with Gasteiger partial charge in [0.2, 0.25) is 0 Å². The van der Waals surface area contributed by atoms with Crippen LogP contribution in [-0.4, -0.2) is 71.7 Å². The fourth-order valence-corrected chi connectivity index (χ4v) is 3.23. The van der Waals surface area contributed by atoms with Crippen molar-refractivity contribution in [3.63, 3.8) is 0 Å². The average Bonchev–Trinajstić information content (AvgIpc) is 2.77. The number of aryl methyl sites for hydroxylation is 1. The first kappa shape index (κ1) is 22.9. The van der Waals surface area contributed by atoms with E-state index in [0.717, 1.165) is 0 Å². The number of hydrogen-bond donors (Lipinski definition) is 3. The van der Waals surface area contributed by atoms with Crippen LogP contribution in [0.4, 0.5) is 0 Å². The molecule has 2 aromatic carbocycles. The summed E-state index contributed by atoms with van der Waals surface area (Å²) in [4.78, 5) is 24.9. The Kier molecular flexibility index (Phi) is 7.37. The Morgan fingerprint density at radius 1 is 1.03 bits per heavy atom. The summed E-state index contributed by atoms with van der Waals surface area (Å²) in [6.07, 6.45) is -6.55. The van der Waals surface area contributed by atoms with Gasteiger partial charge in [0.05, 0.1) is 17.7 Å². The van der Waals surface area contributed by atoms with Crippen LogP contribution >= 0.6 is 0 Å². The molecule has 2 aromatic rings. The minimum absolute atomic E-state index is 0.167. The number of carbonyl (C=O) groups excluding carboxylic acids is 2. The molecule has 0 aromatic heterocycles. The van der Waals surface area contributed by atoms with Crippen LogP contribution in [0.25, 0.3) is 0 Å². The molecule has 3 rings (SSSR count). The lowest BCUT2D eigenvalue weighted by Crippen LogP contribution is -2.60. The normalized spacial score (nSPS) is 25.6. The van der Waals surface area contributed by atoms with E-state index in [2.05, 4.69) is 0 Å². The van der Waals surface area contributed by atoms with Crippen LogP contribution in [0.2, 0.25) is 0 Å². The SMILES string of the molecule is CO[C@H]1O[C@H](CO)[C@@H](O)[C@H](O)[C@H]1OC(=O)c1ccc(OC(=O)c2ccccc2)cc1C. The van der Waals surface area contributed by atoms with Crippen LogP contribution in [-0.2, 0) is 14.2 Å². The third-order valence-electron chi connectivity index (χ3n) is 4.94. The topological polar surface area (TPSA) is 132 Å². The largest absolute Gasteiger partial charge is 0.450 e. The van der Waals surface area contributed by atoms with Crippen molar-refractivity contribution in [1.29, 1.82) is 0 Å². The molecule has 0 bridgehead atoms. The maximum Gasteiger partial charge on any atom is 0.343 e. The lowest BCUT2D eigenvalue weighted by atomic mass is 9.99. The number of aliphatic hydroxyl groups is 3. The van der Waals surface area contributed by atoms with Gasteiger partial charge in [0.15, 0.2) is 12.4 Å². The quantitative estimate of drug-likeness (QED) is 0.448. The highest BCUT2D eigenvalue weighted by Crippen LogP contribution is 2.26. The monoisotopic (exact) mass is 432 g/mol. The first-order valence-electron chi connectivity index (χ1n) is 9.59. The van der Waals surface area contributed by atoms with Crippen molar-refractivity contribution in [3.05, 3.63) is 65.2 Å². The molecular weight excluding hydrogens is 408 g/mol. The molecule has 9 heteroatoms. The van der Waals surface area contributed by atoms with Crippen molar-refractivity contribution in [2.75, 3.05) is 13.7 Å². The maximum atomic E-state index is 12.7. The Hall–Kier alpha value is -2.82. The lowest BCUT2D eigenvalue weighted by molar-refractivity contribution is -0.293. The van der Waals surface area contributed by atoms with Crippen LogP contribution in [0.1, 0.15) is 26.3 Å². The molecule has 0 spiro atoms. The van der Waals surface area contributed by atoms with E-state index in [-0.39, 0.29) is 11.3 Å². The van der Waals surface area contributed by atoms with Gasteiger partial charge in [0.1, 0.15) is 24.1 Å². The molecule has 1 fully saturated rings. The highest BCUT2D eigenvalue weighted by molar-refractivity contribution is 5.93. The van der Waals surface area contributed by atoms with Gasteiger partial charge < -0.3 is 34.3 Å². The van der Waals surface area contributed by atoms with E-state index in [0.29, 0.717) is 11.1 Å². The van der Waals surface area contributed by atoms with Crippen molar-refractivity contribution >= 4 is 11.9 Å². The minimum Gasteiger partial charge on any atom is -0.450 e. The number of carbonyl (C=O) groups is 2. The Morgan fingerprint density at radius 3 is 2.35 bits per heavy atom. The molecule has 0 unspecified atom stereocenters. The van der Waals surface area contributed by atoms with Crippen LogP contribution < -0.4 is 4.74 Å². The van der Waals surface area contributed by atoms with E-state index in [4.69, 9.17) is 18.9 Å². The van der Waals surface area contributed by atoms with Gasteiger partial charge in [-0.3, -0.25) is 0 Å². The molecule has 9 nitrogen and oxygen atoms in total. The van der Waals surface area contributed by atoms with Crippen LogP contribution in [0.3, 0.4) is 0 Å². The van der Waals surface area contributed by atoms with Crippen LogP contribution in [0.15, 0.2) is 48.5 Å². The summed E-state index contributed by atoms with van der Waals surface area (Å²) in [6.45, 7) is 1.09. The Balaban J connectivity index is 1.71. The van der Waals surface area contributed by atoms with Crippen molar-refractivity contribution < 1.29 is 43.9 Å². The molecule has 1 heterocycles. The van der Waals surface area contributed by atoms with E-state index in [9.17, 15) is 24.9 Å². The molecule has 0 radical (unpaired) electrons. The van der Waals surface area contributed by atoms with Crippen molar-refractivity contribution in [1.82, 2.24) is 0 Å². The average molecular weight is 432 g/mol. The molecular formula is C22H24O9. The standard InChI is InChI=1S/C22H24O9/c1-12-10-14(29-20(26)13-6-4-3-5-7-13)8-9-15(12)21(27)31-19-18(25)17(24)16(11-23)30-22(19)28-2/h3-10,16-19,22-25H,11H2,1-2H3/t16-,17-,18+,19-,22+/m1/s1. The van der Waals surface area contributed by atoms with Gasteiger partial charge >= 0.3 is 11.9 Å². The van der Waals surface area contributed by atoms with E-state index < -0.39 is 49.3 Å². The van der Waals surface area contributed by atoms with Gasteiger partial charge in [0, 0.05) is 7.11 Å². The Morgan fingerprint density at radius 2 is 1.74 bits per heavy atom. The molecule has 1 saturated heterocycles. The van der Waals surface area contributed by atoms with Crippen molar-refractivity contribution in [2.24, 2.45) is 0 Å². The zero-order chi connectivity index (χ0) is 22.5. The van der Waals surface area contributed by atoms with Crippen LogP contribution in [0.5, 0.6) is 5.75 Å². The molecule has 166 valence electrons. The number of hydrogen-bond acceptors (Lipinski definition) is 9. The molecule has 0 aliphatic carbocycles. The first-order valence-corrected chi connectivity index (χ1v) is 9.59. The third kappa shape index (κ3) is 5.09. The predicted octanol–water partition coefficient (Wildman–Crippen LogP) is 0.825. The van der Waals surface area contributed by atoms with E-state index in [1.165, 1.54) is 25.3 Å². The number of rotatable bonds is 6. The molecule has 1 aliphatic rings. The van der Waals surface area contributed by atoms with Crippen molar-refractivity contribution in [3.8, 4) is 5.75 Å². The number of benzene rings is 2. The summed E-state index contributed by atoms with van der Waals surface area (Å²) in [7, 11) is 1.28. The second kappa shape index (κ2) is 9.99. The fraction of sp³-hybridized carbons (Fsp3) is 0.364. The number of methoxy groups -OCH3 is 1. The second-order valence-corrected chi connectivity index (χ2v) is 7.04. The minimum atomic E-state index is -1.52. The summed E-state index contributed by atoms with van der Waals surface area (Å²) in [5, 5.41) is 29.6. The molecule has 0 amide bonds. The predicted molar refractivity (Wildman–Crippen MR) is 107 cm³/mol. The molecule has 31 heavy (non-hydrogen) atoms. The maximum absolute atomic E-state index is 12.7. The number of aliphatic hydroxyl groups excluding tert-OH is 3. The summed E-state index contributed by atoms with van der Waals surface area (Å²) in [5.74, 6) is -1.07. The highest BCUT2D eigenvalue weighted by Gasteiger charge is 2.47. The summed E-state index contributed by atoms with van der Waals surface area (Å²) in [5.41, 5.74) is 1.03. The highest BCUT2D eigenvalue weighted by atomic mass is 16.7. The second-order valence-electron chi connectivity index (χ2n) is 7.04. The summed E-state index contributed by atoms with van der Waals surface area (Å²) < 4.78 is 21.1. The number of ether oxygens (including phenoxy) is 4. The van der Waals surface area contributed by atoms with Gasteiger partial charge in [-0.1, -0.05) is 18.2 Å². The zero-order valence-electron chi connectivity index (χ0n) is 17.0. The number of esters is 2. The lowest BCUT2D eigenvalue weighted by Gasteiger charge is -2.40. The van der Waals surface area contributed by atoms with E-state index in [1.807, 2.05) is 0 Å². The van der Waals surface area contributed by atoms with Crippen molar-refractivity contribution in [2.45, 2.75) is 37.6 Å². The van der Waals surface area contributed by atoms with Gasteiger partial charge in [0.25, 0.3) is 0 Å². The molecule has 1 aliphatic heterocycles. The van der Waals surface area contributed by atoms with E-state index >= 15 is 0 Å². The molecule has 0 saturated carbocycles. The molecule has 5 atom stereocenters. The molecule has 3 N–H and O–H groups in total. The summed E-state index contributed by atoms with van der Waals surface area (Å²) in [6, 6.07) is 12.9. The van der Waals surface area contributed by atoms with E-state index in [1.54, 1.807) is 37.3 Å². The Bertz CT molecular complexity index is 912. The van der Waals surface area contributed by atoms with Gasteiger partial charge in [-0.25, -0.2) is 9.59 Å². The van der Waals surface area contributed by atoms with Crippen LogP contribution in [0, 0.1) is 6.92 Å². The Labute approximate surface area is 178 Å². The third-order valence-corrected chi connectivity index (χ3v) is 4.94. The fourth-order valence-electron chi connectivity index (χ4n) is 3.23. The smallest absolute Gasteiger partial charge is 0.343 e. The zero-order valence-corrected chi connectivity index (χ0v) is 17.0. The summed E-state index contributed by atoms with van der Waals surface area (Å²) >= 11 is 0. The van der Waals surface area contributed by atoms with Gasteiger partial charge in [-0.05, 0) is 42.8 Å². The van der Waals surface area contributed by atoms with Gasteiger partial charge in [-0.2, -0.15) is 0 Å². The van der Waals surface area contributed by atoms with Gasteiger partial charge in [-0.15, -0.1) is 0 Å².